The van der Waals surface area contributed by atoms with Gasteiger partial charge in [0.15, 0.2) is 5.82 Å². The normalized spacial score (nSPS) is 27.4. The van der Waals surface area contributed by atoms with Crippen LogP contribution in [0.5, 0.6) is 5.88 Å². The highest BCUT2D eigenvalue weighted by Crippen LogP contribution is 2.43. The Morgan fingerprint density at radius 3 is 2.32 bits per heavy atom. The number of benzene rings is 1. The van der Waals surface area contributed by atoms with Crippen molar-refractivity contribution in [2.45, 2.75) is 25.4 Å². The van der Waals surface area contributed by atoms with Crippen LogP contribution in [-0.2, 0) is 10.4 Å². The third kappa shape index (κ3) is 4.80. The van der Waals surface area contributed by atoms with Gasteiger partial charge in [0.1, 0.15) is 5.82 Å². The van der Waals surface area contributed by atoms with Gasteiger partial charge in [-0.3, -0.25) is 9.78 Å². The number of carbonyl (C=O) groups excluding carboxylic acids is 1. The molecule has 0 unspecified atom stereocenters. The molecule has 0 radical (unpaired) electrons. The first-order chi connectivity index (χ1) is 18.2. The molecule has 0 spiro atoms. The summed E-state index contributed by atoms with van der Waals surface area (Å²) < 4.78 is 18.7. The van der Waals surface area contributed by atoms with E-state index in [1.807, 2.05) is 35.8 Å². The fourth-order valence-corrected chi connectivity index (χ4v) is 6.05. The molecule has 2 aromatic heterocycles. The van der Waals surface area contributed by atoms with Crippen LogP contribution in [0.25, 0.3) is 0 Å². The van der Waals surface area contributed by atoms with Gasteiger partial charge in [-0.25, -0.2) is 4.39 Å². The first-order valence-corrected chi connectivity index (χ1v) is 13.1. The van der Waals surface area contributed by atoms with Gasteiger partial charge < -0.3 is 19.6 Å². The molecule has 10 heteroatoms. The SMILES string of the molecule is COc1ccc(N2C[C@@H](C(=O)N3C[C@@H](C)[C@@](O)(c4ccc(F)cc4)[C@@H](C)C3)[C@H](c3ccc(Cl)cn3)C2)nn1. The summed E-state index contributed by atoms with van der Waals surface area (Å²) in [5.74, 6) is -0.311. The fraction of sp³-hybridized carbons (Fsp3) is 0.429. The summed E-state index contributed by atoms with van der Waals surface area (Å²) in [5, 5.41) is 20.6. The fourth-order valence-electron chi connectivity index (χ4n) is 5.94. The van der Waals surface area contributed by atoms with E-state index in [1.165, 1.54) is 19.2 Å². The Balaban J connectivity index is 1.40. The number of hydrogen-bond acceptors (Lipinski definition) is 7. The maximum atomic E-state index is 14.1. The Kier molecular flexibility index (Phi) is 7.24. The number of carbonyl (C=O) groups is 1. The molecule has 2 aliphatic heterocycles. The number of pyridine rings is 1. The van der Waals surface area contributed by atoms with Gasteiger partial charge in [0, 0.05) is 61.9 Å². The highest BCUT2D eigenvalue weighted by Gasteiger charge is 2.49. The summed E-state index contributed by atoms with van der Waals surface area (Å²) >= 11 is 6.09. The minimum Gasteiger partial charge on any atom is -0.480 e. The Hall–Kier alpha value is -3.30. The number of amides is 1. The summed E-state index contributed by atoms with van der Waals surface area (Å²) in [6, 6.07) is 13.2. The van der Waals surface area contributed by atoms with E-state index in [0.717, 1.165) is 5.69 Å². The molecule has 2 fully saturated rings. The first-order valence-electron chi connectivity index (χ1n) is 12.7. The lowest BCUT2D eigenvalue weighted by molar-refractivity contribution is -0.152. The zero-order valence-electron chi connectivity index (χ0n) is 21.6. The lowest BCUT2D eigenvalue weighted by atomic mass is 9.70. The van der Waals surface area contributed by atoms with Crippen molar-refractivity contribution in [1.82, 2.24) is 20.1 Å². The van der Waals surface area contributed by atoms with Gasteiger partial charge in [0.25, 0.3) is 0 Å². The highest BCUT2D eigenvalue weighted by atomic mass is 35.5. The smallest absolute Gasteiger partial charge is 0.233 e. The van der Waals surface area contributed by atoms with E-state index in [2.05, 4.69) is 15.2 Å². The van der Waals surface area contributed by atoms with Crippen molar-refractivity contribution in [3.8, 4) is 5.88 Å². The Morgan fingerprint density at radius 2 is 1.74 bits per heavy atom. The van der Waals surface area contributed by atoms with Crippen LogP contribution in [0.15, 0.2) is 54.7 Å². The predicted molar refractivity (Wildman–Crippen MR) is 141 cm³/mol. The van der Waals surface area contributed by atoms with Crippen LogP contribution in [0.1, 0.15) is 31.0 Å². The number of rotatable bonds is 5. The minimum atomic E-state index is -1.16. The molecular formula is C28H31ClFN5O3. The summed E-state index contributed by atoms with van der Waals surface area (Å²) in [6.07, 6.45) is 1.60. The molecule has 4 heterocycles. The van der Waals surface area contributed by atoms with E-state index in [0.29, 0.717) is 48.5 Å². The van der Waals surface area contributed by atoms with Crippen LogP contribution in [0, 0.1) is 23.6 Å². The number of aliphatic hydroxyl groups is 1. The lowest BCUT2D eigenvalue weighted by Gasteiger charge is -2.48. The summed E-state index contributed by atoms with van der Waals surface area (Å²) in [7, 11) is 1.54. The van der Waals surface area contributed by atoms with Crippen molar-refractivity contribution < 1.29 is 19.0 Å². The number of anilines is 1. The number of likely N-dealkylation sites (tertiary alicyclic amines) is 1. The van der Waals surface area contributed by atoms with Gasteiger partial charge in [0.05, 0.1) is 23.7 Å². The number of nitrogens with zero attached hydrogens (tertiary/aromatic N) is 5. The van der Waals surface area contributed by atoms with Crippen molar-refractivity contribution in [2.24, 2.45) is 17.8 Å². The third-order valence-corrected chi connectivity index (χ3v) is 8.26. The summed E-state index contributed by atoms with van der Waals surface area (Å²) in [6.45, 7) is 5.64. The van der Waals surface area contributed by atoms with Gasteiger partial charge in [-0.2, -0.15) is 0 Å². The van der Waals surface area contributed by atoms with Crippen LogP contribution >= 0.6 is 11.6 Å². The minimum absolute atomic E-state index is 0.00979. The monoisotopic (exact) mass is 539 g/mol. The van der Waals surface area contributed by atoms with E-state index in [9.17, 15) is 14.3 Å². The number of piperidine rings is 1. The molecule has 5 atom stereocenters. The van der Waals surface area contributed by atoms with Crippen LogP contribution < -0.4 is 9.64 Å². The van der Waals surface area contributed by atoms with E-state index in [4.69, 9.17) is 16.3 Å². The average molecular weight is 540 g/mol. The van der Waals surface area contributed by atoms with Crippen LogP contribution in [0.2, 0.25) is 5.02 Å². The number of methoxy groups -OCH3 is 1. The number of halogens is 2. The summed E-state index contributed by atoms with van der Waals surface area (Å²) in [4.78, 5) is 22.5. The predicted octanol–water partition coefficient (Wildman–Crippen LogP) is 3.89. The molecule has 8 nitrogen and oxygen atoms in total. The molecular weight excluding hydrogens is 509 g/mol. The third-order valence-electron chi connectivity index (χ3n) is 8.04. The molecule has 1 N–H and O–H groups in total. The van der Waals surface area contributed by atoms with Crippen molar-refractivity contribution in [3.63, 3.8) is 0 Å². The maximum Gasteiger partial charge on any atom is 0.233 e. The van der Waals surface area contributed by atoms with Gasteiger partial charge >= 0.3 is 0 Å². The second-order valence-corrected chi connectivity index (χ2v) is 10.8. The Labute approximate surface area is 226 Å². The number of ether oxygens (including phenoxy) is 1. The van der Waals surface area contributed by atoms with Gasteiger partial charge in [-0.1, -0.05) is 37.6 Å². The largest absolute Gasteiger partial charge is 0.480 e. The Morgan fingerprint density at radius 1 is 1.03 bits per heavy atom. The zero-order valence-corrected chi connectivity index (χ0v) is 22.3. The summed E-state index contributed by atoms with van der Waals surface area (Å²) in [5.41, 5.74) is 0.291. The molecule has 2 saturated heterocycles. The molecule has 0 saturated carbocycles. The van der Waals surface area contributed by atoms with Crippen molar-refractivity contribution in [1.29, 1.82) is 0 Å². The molecule has 2 aliphatic rings. The van der Waals surface area contributed by atoms with E-state index in [1.54, 1.807) is 30.5 Å². The molecule has 5 rings (SSSR count). The first kappa shape index (κ1) is 26.3. The zero-order chi connectivity index (χ0) is 27.0. The average Bonchev–Trinajstić information content (AvgIpc) is 3.37. The quantitative estimate of drug-likeness (QED) is 0.526. The maximum absolute atomic E-state index is 14.1. The van der Waals surface area contributed by atoms with E-state index in [-0.39, 0.29) is 35.4 Å². The molecule has 1 amide bonds. The second-order valence-electron chi connectivity index (χ2n) is 10.3. The van der Waals surface area contributed by atoms with Crippen molar-refractivity contribution in [3.05, 3.63) is 76.8 Å². The van der Waals surface area contributed by atoms with Crippen LogP contribution in [0.4, 0.5) is 10.2 Å². The number of hydrogen-bond donors (Lipinski definition) is 1. The molecule has 0 bridgehead atoms. The second kappa shape index (κ2) is 10.5. The topological polar surface area (TPSA) is 91.7 Å². The van der Waals surface area contributed by atoms with Gasteiger partial charge in [0.2, 0.25) is 11.8 Å². The standard InChI is InChI=1S/C28H31ClFN5O3/c1-17-13-35(14-18(2)28(17,37)19-4-7-21(30)8-5-19)27(36)23-16-34(25-10-11-26(38-3)33-32-25)15-22(23)24-9-6-20(29)12-31-24/h4-12,17-18,22-23,37H,13-16H2,1-3H3/t17-,18+,22-,23-,28+/m1/s1. The van der Waals surface area contributed by atoms with Crippen LogP contribution in [-0.4, -0.2) is 64.4 Å². The molecule has 38 heavy (non-hydrogen) atoms. The van der Waals surface area contributed by atoms with Gasteiger partial charge in [-0.15, -0.1) is 10.2 Å². The molecule has 200 valence electrons. The Bertz CT molecular complexity index is 1260. The lowest BCUT2D eigenvalue weighted by Crippen LogP contribution is -2.57. The van der Waals surface area contributed by atoms with Crippen LogP contribution in [0.3, 0.4) is 0 Å². The van der Waals surface area contributed by atoms with Crippen molar-refractivity contribution >= 4 is 23.3 Å². The molecule has 0 aliphatic carbocycles. The van der Waals surface area contributed by atoms with E-state index < -0.39 is 5.60 Å². The highest BCUT2D eigenvalue weighted by molar-refractivity contribution is 6.30. The van der Waals surface area contributed by atoms with E-state index >= 15 is 0 Å². The van der Waals surface area contributed by atoms with Gasteiger partial charge in [-0.05, 0) is 35.9 Å². The number of aromatic nitrogens is 3. The van der Waals surface area contributed by atoms with Crippen molar-refractivity contribution in [2.75, 3.05) is 38.2 Å². The molecule has 3 aromatic rings. The molecule has 1 aromatic carbocycles.